The third kappa shape index (κ3) is 2.56. The van der Waals surface area contributed by atoms with E-state index in [2.05, 4.69) is 10.3 Å². The van der Waals surface area contributed by atoms with Crippen LogP contribution in [0.5, 0.6) is 0 Å². The van der Waals surface area contributed by atoms with Gasteiger partial charge < -0.3 is 15.7 Å². The molecule has 0 atom stereocenters. The smallest absolute Gasteiger partial charge is 0.257 e. The lowest BCUT2D eigenvalue weighted by Gasteiger charge is -2.05. The lowest BCUT2D eigenvalue weighted by atomic mass is 10.1. The zero-order valence-electron chi connectivity index (χ0n) is 11.6. The van der Waals surface area contributed by atoms with E-state index in [-0.39, 0.29) is 5.91 Å². The topological polar surface area (TPSA) is 68.7 Å². The Labute approximate surface area is 122 Å². The molecule has 0 aliphatic carbocycles. The van der Waals surface area contributed by atoms with Gasteiger partial charge in [0.05, 0.1) is 5.56 Å². The van der Waals surface area contributed by atoms with Crippen LogP contribution in [0.1, 0.15) is 22.8 Å². The minimum Gasteiger partial charge on any atom is -0.360 e. The molecule has 0 saturated carbocycles. The van der Waals surface area contributed by atoms with Crippen LogP contribution in [-0.4, -0.2) is 16.6 Å². The summed E-state index contributed by atoms with van der Waals surface area (Å²) in [5.74, 6) is -0.147. The molecule has 3 rings (SSSR count). The van der Waals surface area contributed by atoms with Crippen LogP contribution < -0.4 is 5.32 Å². The molecule has 1 amide bonds. The van der Waals surface area contributed by atoms with E-state index >= 15 is 0 Å². The molecular weight excluding hydrogens is 262 g/mol. The molecule has 1 heterocycles. The zero-order chi connectivity index (χ0) is 14.8. The maximum atomic E-state index is 12.3. The first-order chi connectivity index (χ1) is 10.1. The second-order valence-corrected chi connectivity index (χ2v) is 4.90. The summed E-state index contributed by atoms with van der Waals surface area (Å²) >= 11 is 0. The van der Waals surface area contributed by atoms with Crippen molar-refractivity contribution in [2.75, 3.05) is 5.32 Å². The first kappa shape index (κ1) is 13.1. The molecule has 4 heteroatoms. The molecule has 0 spiro atoms. The predicted octanol–water partition coefficient (Wildman–Crippen LogP) is 3.81. The van der Waals surface area contributed by atoms with Crippen molar-refractivity contribution in [1.29, 1.82) is 5.41 Å². The SMILES string of the molecule is CC(=N)c1ccc(NC(=O)c2c[nH]c3ccccc23)cc1. The molecule has 2 aromatic carbocycles. The largest absolute Gasteiger partial charge is 0.360 e. The van der Waals surface area contributed by atoms with Crippen LogP contribution in [0.15, 0.2) is 54.7 Å². The van der Waals surface area contributed by atoms with Crippen molar-refractivity contribution in [3.05, 3.63) is 65.9 Å². The molecule has 0 radical (unpaired) electrons. The second-order valence-electron chi connectivity index (χ2n) is 4.90. The van der Waals surface area contributed by atoms with Gasteiger partial charge in [-0.3, -0.25) is 4.79 Å². The molecule has 4 nitrogen and oxygen atoms in total. The van der Waals surface area contributed by atoms with Gasteiger partial charge >= 0.3 is 0 Å². The number of hydrogen-bond acceptors (Lipinski definition) is 2. The number of H-pyrrole nitrogens is 1. The summed E-state index contributed by atoms with van der Waals surface area (Å²) in [7, 11) is 0. The molecular formula is C17H15N3O. The van der Waals surface area contributed by atoms with Crippen LogP contribution in [0.4, 0.5) is 5.69 Å². The van der Waals surface area contributed by atoms with Gasteiger partial charge in [-0.25, -0.2) is 0 Å². The summed E-state index contributed by atoms with van der Waals surface area (Å²) in [5, 5.41) is 11.3. The number of amides is 1. The van der Waals surface area contributed by atoms with Gasteiger partial charge in [-0.2, -0.15) is 0 Å². The number of benzene rings is 2. The van der Waals surface area contributed by atoms with Gasteiger partial charge in [0.25, 0.3) is 5.91 Å². The van der Waals surface area contributed by atoms with E-state index in [4.69, 9.17) is 5.41 Å². The Bertz CT molecular complexity index is 815. The number of aromatic nitrogens is 1. The van der Waals surface area contributed by atoms with Crippen molar-refractivity contribution in [3.8, 4) is 0 Å². The number of nitrogens with one attached hydrogen (secondary N) is 3. The summed E-state index contributed by atoms with van der Waals surface area (Å²) in [6.45, 7) is 1.74. The fraction of sp³-hybridized carbons (Fsp3) is 0.0588. The fourth-order valence-corrected chi connectivity index (χ4v) is 2.26. The highest BCUT2D eigenvalue weighted by Crippen LogP contribution is 2.19. The number of rotatable bonds is 3. The Morgan fingerprint density at radius 1 is 1.10 bits per heavy atom. The van der Waals surface area contributed by atoms with Gasteiger partial charge in [0, 0.05) is 28.5 Å². The van der Waals surface area contributed by atoms with E-state index in [1.54, 1.807) is 25.3 Å². The molecule has 3 N–H and O–H groups in total. The summed E-state index contributed by atoms with van der Waals surface area (Å²) < 4.78 is 0. The quantitative estimate of drug-likeness (QED) is 0.626. The van der Waals surface area contributed by atoms with Crippen LogP contribution >= 0.6 is 0 Å². The first-order valence-electron chi connectivity index (χ1n) is 6.68. The number of anilines is 1. The number of fused-ring (bicyclic) bond motifs is 1. The average molecular weight is 277 g/mol. The van der Waals surface area contributed by atoms with E-state index in [0.29, 0.717) is 11.3 Å². The Morgan fingerprint density at radius 3 is 2.52 bits per heavy atom. The molecule has 3 aromatic rings. The third-order valence-electron chi connectivity index (χ3n) is 3.41. The van der Waals surface area contributed by atoms with Crippen LogP contribution in [0.3, 0.4) is 0 Å². The standard InChI is InChI=1S/C17H15N3O/c1-11(18)12-6-8-13(9-7-12)20-17(21)15-10-19-16-5-3-2-4-14(15)16/h2-10,18-19H,1H3,(H,20,21). The highest BCUT2D eigenvalue weighted by Gasteiger charge is 2.11. The van der Waals surface area contributed by atoms with Gasteiger partial charge in [0.1, 0.15) is 0 Å². The second kappa shape index (κ2) is 5.25. The van der Waals surface area contributed by atoms with E-state index < -0.39 is 0 Å². The van der Waals surface area contributed by atoms with Gasteiger partial charge in [0.2, 0.25) is 0 Å². The monoisotopic (exact) mass is 277 g/mol. The maximum Gasteiger partial charge on any atom is 0.257 e. The molecule has 0 aliphatic heterocycles. The maximum absolute atomic E-state index is 12.3. The Balaban J connectivity index is 1.84. The van der Waals surface area contributed by atoms with Gasteiger partial charge in [0.15, 0.2) is 0 Å². The van der Waals surface area contributed by atoms with Crippen LogP contribution in [0, 0.1) is 5.41 Å². The molecule has 0 aliphatic rings. The number of para-hydroxylation sites is 1. The normalized spacial score (nSPS) is 10.5. The number of aromatic amines is 1. The molecule has 21 heavy (non-hydrogen) atoms. The van der Waals surface area contributed by atoms with E-state index in [1.165, 1.54) is 0 Å². The van der Waals surface area contributed by atoms with Crippen molar-refractivity contribution in [2.24, 2.45) is 0 Å². The Kier molecular flexibility index (Phi) is 3.28. The fourth-order valence-electron chi connectivity index (χ4n) is 2.26. The minimum atomic E-state index is -0.147. The van der Waals surface area contributed by atoms with Crippen LogP contribution in [-0.2, 0) is 0 Å². The Hall–Kier alpha value is -2.88. The van der Waals surface area contributed by atoms with Crippen molar-refractivity contribution >= 4 is 28.2 Å². The zero-order valence-corrected chi connectivity index (χ0v) is 11.6. The number of carbonyl (C=O) groups excluding carboxylic acids is 1. The van der Waals surface area contributed by atoms with Gasteiger partial charge in [-0.1, -0.05) is 30.3 Å². The van der Waals surface area contributed by atoms with Crippen molar-refractivity contribution in [2.45, 2.75) is 6.92 Å². The summed E-state index contributed by atoms with van der Waals surface area (Å²) in [4.78, 5) is 15.4. The molecule has 0 bridgehead atoms. The molecule has 0 unspecified atom stereocenters. The summed E-state index contributed by atoms with van der Waals surface area (Å²) in [6.07, 6.45) is 1.72. The molecule has 0 fully saturated rings. The van der Waals surface area contributed by atoms with Crippen LogP contribution in [0.25, 0.3) is 10.9 Å². The highest BCUT2D eigenvalue weighted by molar-refractivity contribution is 6.12. The highest BCUT2D eigenvalue weighted by atomic mass is 16.1. The van der Waals surface area contributed by atoms with Crippen molar-refractivity contribution < 1.29 is 4.79 Å². The van der Waals surface area contributed by atoms with E-state index in [9.17, 15) is 4.79 Å². The number of carbonyl (C=O) groups is 1. The van der Waals surface area contributed by atoms with E-state index in [0.717, 1.165) is 22.2 Å². The van der Waals surface area contributed by atoms with Crippen LogP contribution in [0.2, 0.25) is 0 Å². The molecule has 0 saturated heterocycles. The van der Waals surface area contributed by atoms with Gasteiger partial charge in [-0.15, -0.1) is 0 Å². The third-order valence-corrected chi connectivity index (χ3v) is 3.41. The minimum absolute atomic E-state index is 0.147. The first-order valence-corrected chi connectivity index (χ1v) is 6.68. The summed E-state index contributed by atoms with van der Waals surface area (Å²) in [5.41, 5.74) is 3.63. The van der Waals surface area contributed by atoms with Crippen molar-refractivity contribution in [1.82, 2.24) is 4.98 Å². The molecule has 1 aromatic heterocycles. The Morgan fingerprint density at radius 2 is 1.81 bits per heavy atom. The lowest BCUT2D eigenvalue weighted by Crippen LogP contribution is -2.11. The lowest BCUT2D eigenvalue weighted by molar-refractivity contribution is 0.102. The molecule has 104 valence electrons. The summed E-state index contributed by atoms with van der Waals surface area (Å²) in [6, 6.07) is 15.0. The number of hydrogen-bond donors (Lipinski definition) is 3. The van der Waals surface area contributed by atoms with Gasteiger partial charge in [-0.05, 0) is 30.7 Å². The predicted molar refractivity (Wildman–Crippen MR) is 85.2 cm³/mol. The van der Waals surface area contributed by atoms with E-state index in [1.807, 2.05) is 36.4 Å². The average Bonchev–Trinajstić information content (AvgIpc) is 2.92. The van der Waals surface area contributed by atoms with Crippen molar-refractivity contribution in [3.63, 3.8) is 0 Å².